The molecule has 0 bridgehead atoms. The Hall–Kier alpha value is -2.90. The van der Waals surface area contributed by atoms with Crippen LogP contribution in [0.15, 0.2) is 72.8 Å². The summed E-state index contributed by atoms with van der Waals surface area (Å²) in [5.41, 5.74) is 3.47. The summed E-state index contributed by atoms with van der Waals surface area (Å²) >= 11 is 0. The van der Waals surface area contributed by atoms with Crippen LogP contribution in [0.3, 0.4) is 0 Å². The van der Waals surface area contributed by atoms with Gasteiger partial charge in [-0.3, -0.25) is 4.90 Å². The minimum atomic E-state index is -0.521. The molecule has 1 aromatic heterocycles. The molecule has 0 fully saturated rings. The number of ether oxygens (including phenoxy) is 3. The monoisotopic (exact) mass is 476 g/mol. The van der Waals surface area contributed by atoms with Crippen molar-refractivity contribution in [2.45, 2.75) is 26.1 Å². The largest absolute Gasteiger partial charge is 0.491 e. The summed E-state index contributed by atoms with van der Waals surface area (Å²) in [6.07, 6.45) is -0.521. The second-order valence-corrected chi connectivity index (χ2v) is 8.72. The Kier molecular flexibility index (Phi) is 9.15. The smallest absolute Gasteiger partial charge is 0.119 e. The Morgan fingerprint density at radius 1 is 0.857 bits per heavy atom. The Bertz CT molecular complexity index is 1140. The van der Waals surface area contributed by atoms with Crippen LogP contribution in [0.2, 0.25) is 0 Å². The second kappa shape index (κ2) is 12.7. The third-order valence-electron chi connectivity index (χ3n) is 6.18. The Morgan fingerprint density at radius 2 is 1.51 bits per heavy atom. The van der Waals surface area contributed by atoms with Crippen molar-refractivity contribution in [3.05, 3.63) is 78.4 Å². The fraction of sp³-hybridized carbons (Fsp3) is 0.379. The van der Waals surface area contributed by atoms with E-state index >= 15 is 0 Å². The number of methoxy groups -OCH3 is 1. The van der Waals surface area contributed by atoms with Crippen LogP contribution in [0.1, 0.15) is 12.5 Å². The topological polar surface area (TPSA) is 56.1 Å². The van der Waals surface area contributed by atoms with E-state index in [1.165, 1.54) is 16.3 Å². The molecule has 35 heavy (non-hydrogen) atoms. The molecule has 3 aromatic carbocycles. The van der Waals surface area contributed by atoms with Gasteiger partial charge in [0.1, 0.15) is 12.4 Å². The molecule has 0 aliphatic rings. The number of para-hydroxylation sites is 2. The zero-order valence-corrected chi connectivity index (χ0v) is 20.7. The molecule has 1 heterocycles. The standard InChI is InChI=1S/C29H36N2O4/c1-3-34-18-19-35-25-14-12-23(13-15-25)20-30(16-17-33-2)21-24(32)22-31-28-10-6-4-8-26(28)27-9-5-7-11-29(27)31/h4-15,24,32H,3,16-22H2,1-2H3/t24-/m1/s1. The third-order valence-corrected chi connectivity index (χ3v) is 6.18. The van der Waals surface area contributed by atoms with Crippen molar-refractivity contribution in [2.75, 3.05) is 46.6 Å². The van der Waals surface area contributed by atoms with Crippen molar-refractivity contribution in [1.29, 1.82) is 0 Å². The highest BCUT2D eigenvalue weighted by Gasteiger charge is 2.16. The average molecular weight is 477 g/mol. The molecule has 1 atom stereocenters. The van der Waals surface area contributed by atoms with E-state index in [1.807, 2.05) is 19.1 Å². The number of aromatic nitrogens is 1. The lowest BCUT2D eigenvalue weighted by Crippen LogP contribution is -2.36. The predicted molar refractivity (Wildman–Crippen MR) is 141 cm³/mol. The van der Waals surface area contributed by atoms with Gasteiger partial charge in [-0.15, -0.1) is 0 Å². The number of aliphatic hydroxyl groups excluding tert-OH is 1. The molecule has 0 aliphatic carbocycles. The van der Waals surface area contributed by atoms with Crippen LogP contribution in [-0.4, -0.2) is 67.3 Å². The van der Waals surface area contributed by atoms with Crippen molar-refractivity contribution >= 4 is 21.8 Å². The van der Waals surface area contributed by atoms with Gasteiger partial charge in [0.15, 0.2) is 0 Å². The van der Waals surface area contributed by atoms with Crippen LogP contribution in [0.25, 0.3) is 21.8 Å². The summed E-state index contributed by atoms with van der Waals surface area (Å²) in [5, 5.41) is 13.6. The van der Waals surface area contributed by atoms with E-state index in [0.717, 1.165) is 29.9 Å². The maximum Gasteiger partial charge on any atom is 0.119 e. The summed E-state index contributed by atoms with van der Waals surface area (Å²) < 4.78 is 18.6. The van der Waals surface area contributed by atoms with E-state index < -0.39 is 6.10 Å². The van der Waals surface area contributed by atoms with E-state index in [2.05, 4.69) is 70.1 Å². The Morgan fingerprint density at radius 3 is 2.14 bits per heavy atom. The molecule has 0 amide bonds. The summed E-state index contributed by atoms with van der Waals surface area (Å²) in [5.74, 6) is 0.836. The van der Waals surface area contributed by atoms with Crippen molar-refractivity contribution < 1.29 is 19.3 Å². The average Bonchev–Trinajstić information content (AvgIpc) is 3.20. The normalized spacial score (nSPS) is 12.6. The molecular formula is C29H36N2O4. The molecule has 0 unspecified atom stereocenters. The molecular weight excluding hydrogens is 440 g/mol. The molecule has 0 radical (unpaired) electrons. The first-order valence-corrected chi connectivity index (χ1v) is 12.3. The van der Waals surface area contributed by atoms with Crippen molar-refractivity contribution in [1.82, 2.24) is 9.47 Å². The molecule has 0 spiro atoms. The Labute approximate surface area is 207 Å². The van der Waals surface area contributed by atoms with Crippen LogP contribution in [-0.2, 0) is 22.6 Å². The highest BCUT2D eigenvalue weighted by molar-refractivity contribution is 6.07. The minimum absolute atomic E-state index is 0.521. The number of hydrogen-bond donors (Lipinski definition) is 1. The van der Waals surface area contributed by atoms with Gasteiger partial charge in [0, 0.05) is 55.2 Å². The van der Waals surface area contributed by atoms with E-state index in [0.29, 0.717) is 39.5 Å². The lowest BCUT2D eigenvalue weighted by atomic mass is 10.2. The molecule has 4 aromatic rings. The van der Waals surface area contributed by atoms with Gasteiger partial charge in [-0.05, 0) is 36.8 Å². The van der Waals surface area contributed by atoms with E-state index in [9.17, 15) is 5.11 Å². The maximum atomic E-state index is 11.1. The molecule has 4 rings (SSSR count). The molecule has 1 N–H and O–H groups in total. The molecule has 186 valence electrons. The second-order valence-electron chi connectivity index (χ2n) is 8.72. The van der Waals surface area contributed by atoms with Crippen LogP contribution in [0.5, 0.6) is 5.75 Å². The first kappa shape index (κ1) is 25.2. The first-order chi connectivity index (χ1) is 17.2. The van der Waals surface area contributed by atoms with Crippen molar-refractivity contribution in [2.24, 2.45) is 0 Å². The fourth-order valence-corrected chi connectivity index (χ4v) is 4.53. The SMILES string of the molecule is CCOCCOc1ccc(CN(CCOC)C[C@@H](O)Cn2c3ccccc3c3ccccc32)cc1. The van der Waals surface area contributed by atoms with Gasteiger partial charge in [0.2, 0.25) is 0 Å². The van der Waals surface area contributed by atoms with Crippen molar-refractivity contribution in [3.8, 4) is 5.75 Å². The molecule has 0 saturated heterocycles. The number of hydrogen-bond acceptors (Lipinski definition) is 5. The zero-order chi connectivity index (χ0) is 24.5. The molecule has 6 heteroatoms. The van der Waals surface area contributed by atoms with Crippen LogP contribution in [0, 0.1) is 0 Å². The Balaban J connectivity index is 1.42. The van der Waals surface area contributed by atoms with Gasteiger partial charge < -0.3 is 23.9 Å². The zero-order valence-electron chi connectivity index (χ0n) is 20.7. The highest BCUT2D eigenvalue weighted by atomic mass is 16.5. The number of aliphatic hydroxyl groups is 1. The summed E-state index contributed by atoms with van der Waals surface area (Å²) in [4.78, 5) is 2.24. The lowest BCUT2D eigenvalue weighted by Gasteiger charge is -2.25. The quantitative estimate of drug-likeness (QED) is 0.267. The molecule has 6 nitrogen and oxygen atoms in total. The van der Waals surface area contributed by atoms with Crippen molar-refractivity contribution in [3.63, 3.8) is 0 Å². The lowest BCUT2D eigenvalue weighted by molar-refractivity contribution is 0.0768. The first-order valence-electron chi connectivity index (χ1n) is 12.3. The number of fused-ring (bicyclic) bond motifs is 3. The maximum absolute atomic E-state index is 11.1. The number of benzene rings is 3. The van der Waals surface area contributed by atoms with Gasteiger partial charge in [0.05, 0.1) is 25.9 Å². The fourth-order valence-electron chi connectivity index (χ4n) is 4.53. The van der Waals surface area contributed by atoms with Crippen LogP contribution in [0.4, 0.5) is 0 Å². The minimum Gasteiger partial charge on any atom is -0.491 e. The van der Waals surface area contributed by atoms with Crippen LogP contribution < -0.4 is 4.74 Å². The van der Waals surface area contributed by atoms with Gasteiger partial charge in [-0.25, -0.2) is 0 Å². The van der Waals surface area contributed by atoms with Crippen LogP contribution >= 0.6 is 0 Å². The van der Waals surface area contributed by atoms with E-state index in [-0.39, 0.29) is 0 Å². The molecule has 0 aliphatic heterocycles. The highest BCUT2D eigenvalue weighted by Crippen LogP contribution is 2.29. The van der Waals surface area contributed by atoms with Gasteiger partial charge in [-0.2, -0.15) is 0 Å². The van der Waals surface area contributed by atoms with Gasteiger partial charge >= 0.3 is 0 Å². The number of rotatable bonds is 14. The summed E-state index contributed by atoms with van der Waals surface area (Å²) in [7, 11) is 1.71. The number of nitrogens with zero attached hydrogens (tertiary/aromatic N) is 2. The predicted octanol–water partition coefficient (Wildman–Crippen LogP) is 4.72. The summed E-state index contributed by atoms with van der Waals surface area (Å²) in [6, 6.07) is 24.9. The summed E-state index contributed by atoms with van der Waals surface area (Å²) in [6.45, 7) is 6.98. The van der Waals surface area contributed by atoms with E-state index in [1.54, 1.807) is 7.11 Å². The molecule has 0 saturated carbocycles. The van der Waals surface area contributed by atoms with Gasteiger partial charge in [0.25, 0.3) is 0 Å². The third kappa shape index (κ3) is 6.61. The van der Waals surface area contributed by atoms with Gasteiger partial charge in [-0.1, -0.05) is 48.5 Å². The van der Waals surface area contributed by atoms with E-state index in [4.69, 9.17) is 14.2 Å².